The van der Waals surface area contributed by atoms with Crippen LogP contribution in [0.4, 0.5) is 0 Å². The Morgan fingerprint density at radius 2 is 2.15 bits per heavy atom. The summed E-state index contributed by atoms with van der Waals surface area (Å²) < 4.78 is 1.37. The van der Waals surface area contributed by atoms with Crippen molar-refractivity contribution in [2.24, 2.45) is 5.73 Å². The first-order chi connectivity index (χ1) is 9.28. The molecule has 6 nitrogen and oxygen atoms in total. The van der Waals surface area contributed by atoms with E-state index >= 15 is 0 Å². The number of nitrogens with two attached hydrogens (primary N) is 1. The summed E-state index contributed by atoms with van der Waals surface area (Å²) in [4.78, 5) is 28.4. The molecular weight excluding hydrogens is 256 g/mol. The van der Waals surface area contributed by atoms with Crippen LogP contribution in [-0.2, 0) is 0 Å². The summed E-state index contributed by atoms with van der Waals surface area (Å²) in [6.45, 7) is 5.74. The molecule has 1 amide bonds. The van der Waals surface area contributed by atoms with Crippen molar-refractivity contribution >= 4 is 11.6 Å². The van der Waals surface area contributed by atoms with Crippen LogP contribution in [0, 0.1) is 6.92 Å². The molecule has 2 heterocycles. The van der Waals surface area contributed by atoms with Crippen LogP contribution in [0.25, 0.3) is 5.65 Å². The van der Waals surface area contributed by atoms with Crippen molar-refractivity contribution in [3.63, 3.8) is 0 Å². The highest BCUT2D eigenvalue weighted by Gasteiger charge is 2.16. The van der Waals surface area contributed by atoms with Crippen LogP contribution in [0.3, 0.4) is 0 Å². The van der Waals surface area contributed by atoms with Gasteiger partial charge in [-0.3, -0.25) is 14.0 Å². The van der Waals surface area contributed by atoms with E-state index in [4.69, 9.17) is 5.73 Å². The molecule has 3 N–H and O–H groups in total. The summed E-state index contributed by atoms with van der Waals surface area (Å²) in [5, 5.41) is 2.64. The minimum atomic E-state index is -0.535. The number of carbonyl (C=O) groups is 1. The van der Waals surface area contributed by atoms with Crippen LogP contribution in [0.15, 0.2) is 29.3 Å². The van der Waals surface area contributed by atoms with Gasteiger partial charge in [0.25, 0.3) is 11.5 Å². The third kappa shape index (κ3) is 3.03. The van der Waals surface area contributed by atoms with Crippen LogP contribution in [0.5, 0.6) is 0 Å². The fourth-order valence-corrected chi connectivity index (χ4v) is 1.74. The second-order valence-electron chi connectivity index (χ2n) is 5.58. The van der Waals surface area contributed by atoms with Crippen LogP contribution in [0.1, 0.15) is 29.8 Å². The minimum absolute atomic E-state index is 0.0114. The number of amides is 1. The van der Waals surface area contributed by atoms with Gasteiger partial charge in [0.1, 0.15) is 11.2 Å². The fraction of sp³-hybridized carbons (Fsp3) is 0.357. The Balaban J connectivity index is 2.38. The second kappa shape index (κ2) is 5.05. The Hall–Kier alpha value is -2.21. The standard InChI is InChI=1S/C14H18N4O2/c1-9-4-5-11-16-6-10(13(20)18(11)7-9)12(19)17-8-14(2,3)15/h4-7H,8,15H2,1-3H3,(H,17,19). The van der Waals surface area contributed by atoms with Gasteiger partial charge < -0.3 is 11.1 Å². The summed E-state index contributed by atoms with van der Waals surface area (Å²) in [7, 11) is 0. The van der Waals surface area contributed by atoms with Crippen molar-refractivity contribution < 1.29 is 4.79 Å². The molecule has 2 aromatic rings. The molecule has 2 aromatic heterocycles. The zero-order valence-corrected chi connectivity index (χ0v) is 11.8. The molecule has 6 heteroatoms. The molecule has 0 unspecified atom stereocenters. The molecule has 106 valence electrons. The van der Waals surface area contributed by atoms with Crippen LogP contribution in [0.2, 0.25) is 0 Å². The number of hydrogen-bond donors (Lipinski definition) is 2. The van der Waals surface area contributed by atoms with E-state index in [9.17, 15) is 9.59 Å². The third-order valence-corrected chi connectivity index (χ3v) is 2.80. The molecule has 0 bridgehead atoms. The first-order valence-corrected chi connectivity index (χ1v) is 6.33. The molecule has 0 saturated heterocycles. The zero-order valence-electron chi connectivity index (χ0n) is 11.8. The second-order valence-corrected chi connectivity index (χ2v) is 5.58. The average Bonchev–Trinajstić information content (AvgIpc) is 2.36. The van der Waals surface area contributed by atoms with E-state index in [-0.39, 0.29) is 17.7 Å². The van der Waals surface area contributed by atoms with Gasteiger partial charge in [0.05, 0.1) is 0 Å². The van der Waals surface area contributed by atoms with E-state index in [0.717, 1.165) is 5.56 Å². The van der Waals surface area contributed by atoms with Crippen molar-refractivity contribution in [2.45, 2.75) is 26.3 Å². The molecule has 0 radical (unpaired) electrons. The monoisotopic (exact) mass is 274 g/mol. The molecule has 0 aliphatic rings. The molecule has 0 aliphatic heterocycles. The van der Waals surface area contributed by atoms with Gasteiger partial charge in [-0.05, 0) is 32.4 Å². The number of pyridine rings is 1. The lowest BCUT2D eigenvalue weighted by molar-refractivity contribution is 0.0944. The van der Waals surface area contributed by atoms with Gasteiger partial charge in [-0.25, -0.2) is 4.98 Å². The number of nitrogens with one attached hydrogen (secondary N) is 1. The Kier molecular flexibility index (Phi) is 3.59. The van der Waals surface area contributed by atoms with Gasteiger partial charge in [-0.15, -0.1) is 0 Å². The lowest BCUT2D eigenvalue weighted by atomic mass is 10.1. The highest BCUT2D eigenvalue weighted by molar-refractivity contribution is 5.93. The summed E-state index contributed by atoms with van der Waals surface area (Å²) in [5.74, 6) is -0.461. The topological polar surface area (TPSA) is 89.5 Å². The van der Waals surface area contributed by atoms with Gasteiger partial charge >= 0.3 is 0 Å². The number of rotatable bonds is 3. The van der Waals surface area contributed by atoms with Gasteiger partial charge in [-0.1, -0.05) is 6.07 Å². The SMILES string of the molecule is Cc1ccc2ncc(C(=O)NCC(C)(C)N)c(=O)n2c1. The van der Waals surface area contributed by atoms with Gasteiger partial charge in [0.15, 0.2) is 0 Å². The quantitative estimate of drug-likeness (QED) is 0.851. The number of aromatic nitrogens is 2. The van der Waals surface area contributed by atoms with Crippen molar-refractivity contribution in [3.8, 4) is 0 Å². The third-order valence-electron chi connectivity index (χ3n) is 2.80. The van der Waals surface area contributed by atoms with Crippen LogP contribution >= 0.6 is 0 Å². The summed E-state index contributed by atoms with van der Waals surface area (Å²) in [5.41, 5.74) is 6.32. The summed E-state index contributed by atoms with van der Waals surface area (Å²) in [6.07, 6.45) is 2.96. The highest BCUT2D eigenvalue weighted by Crippen LogP contribution is 2.02. The van der Waals surface area contributed by atoms with E-state index < -0.39 is 11.4 Å². The number of nitrogens with zero attached hydrogens (tertiary/aromatic N) is 2. The predicted octanol–water partition coefficient (Wildman–Crippen LogP) is 0.470. The predicted molar refractivity (Wildman–Crippen MR) is 76.8 cm³/mol. The van der Waals surface area contributed by atoms with E-state index in [1.807, 2.05) is 13.0 Å². The van der Waals surface area contributed by atoms with Crippen molar-refractivity contribution in [2.75, 3.05) is 6.54 Å². The number of aryl methyl sites for hydroxylation is 1. The molecule has 0 atom stereocenters. The Bertz CT molecular complexity index is 713. The van der Waals surface area contributed by atoms with E-state index in [2.05, 4.69) is 10.3 Å². The fourth-order valence-electron chi connectivity index (χ4n) is 1.74. The Morgan fingerprint density at radius 3 is 2.80 bits per heavy atom. The molecule has 0 aliphatic carbocycles. The average molecular weight is 274 g/mol. The molecule has 0 fully saturated rings. The van der Waals surface area contributed by atoms with Gasteiger partial charge in [0, 0.05) is 24.5 Å². The Labute approximate surface area is 116 Å². The van der Waals surface area contributed by atoms with Crippen LogP contribution < -0.4 is 16.6 Å². The Morgan fingerprint density at radius 1 is 1.45 bits per heavy atom. The molecule has 0 saturated carbocycles. The first-order valence-electron chi connectivity index (χ1n) is 6.33. The number of carbonyl (C=O) groups excluding carboxylic acids is 1. The molecule has 0 aromatic carbocycles. The first kappa shape index (κ1) is 14.2. The lowest BCUT2D eigenvalue weighted by Gasteiger charge is -2.18. The van der Waals surface area contributed by atoms with Crippen LogP contribution in [-0.4, -0.2) is 27.4 Å². The lowest BCUT2D eigenvalue weighted by Crippen LogP contribution is -2.46. The van der Waals surface area contributed by atoms with Gasteiger partial charge in [0.2, 0.25) is 0 Å². The van der Waals surface area contributed by atoms with E-state index in [1.54, 1.807) is 26.1 Å². The number of fused-ring (bicyclic) bond motifs is 1. The normalized spacial score (nSPS) is 11.6. The maximum atomic E-state index is 12.3. The molecule has 0 spiro atoms. The van der Waals surface area contributed by atoms with E-state index in [0.29, 0.717) is 5.65 Å². The maximum Gasteiger partial charge on any atom is 0.270 e. The zero-order chi connectivity index (χ0) is 14.9. The van der Waals surface area contributed by atoms with Crippen molar-refractivity contribution in [1.82, 2.24) is 14.7 Å². The highest BCUT2D eigenvalue weighted by atomic mass is 16.2. The van der Waals surface area contributed by atoms with Gasteiger partial charge in [-0.2, -0.15) is 0 Å². The summed E-state index contributed by atoms with van der Waals surface area (Å²) in [6, 6.07) is 3.60. The largest absolute Gasteiger partial charge is 0.350 e. The minimum Gasteiger partial charge on any atom is -0.350 e. The van der Waals surface area contributed by atoms with E-state index in [1.165, 1.54) is 10.6 Å². The molecular formula is C14H18N4O2. The smallest absolute Gasteiger partial charge is 0.270 e. The summed E-state index contributed by atoms with van der Waals surface area (Å²) >= 11 is 0. The van der Waals surface area contributed by atoms with Crippen molar-refractivity contribution in [1.29, 1.82) is 0 Å². The number of hydrogen-bond acceptors (Lipinski definition) is 4. The maximum absolute atomic E-state index is 12.3. The molecule has 20 heavy (non-hydrogen) atoms. The van der Waals surface area contributed by atoms with Crippen molar-refractivity contribution in [3.05, 3.63) is 46.0 Å². The molecule has 2 rings (SSSR count).